The predicted molar refractivity (Wildman–Crippen MR) is 39.4 cm³/mol. The average Bonchev–Trinajstić information content (AvgIpc) is 2.21. The molecule has 0 aliphatic carbocycles. The van der Waals surface area contributed by atoms with E-state index in [1.54, 1.807) is 0 Å². The Hall–Kier alpha value is -1.86. The first-order valence-electron chi connectivity index (χ1n) is 3.71. The van der Waals surface area contributed by atoms with Crippen LogP contribution in [-0.4, -0.2) is 17.4 Å². The van der Waals surface area contributed by atoms with Crippen LogP contribution in [0.2, 0.25) is 0 Å². The van der Waals surface area contributed by atoms with E-state index in [0.29, 0.717) is 0 Å². The highest BCUT2D eigenvalue weighted by Gasteiger charge is 2.26. The van der Waals surface area contributed by atoms with Gasteiger partial charge in [0.1, 0.15) is 0 Å². The van der Waals surface area contributed by atoms with E-state index < -0.39 is 41.3 Å². The van der Waals surface area contributed by atoms with E-state index in [2.05, 4.69) is 4.74 Å². The molecule has 0 aromatic heterocycles. The van der Waals surface area contributed by atoms with Gasteiger partial charge in [-0.1, -0.05) is 0 Å². The number of aliphatic carboxylic acids is 1. The van der Waals surface area contributed by atoms with Crippen molar-refractivity contribution in [1.29, 1.82) is 0 Å². The SMILES string of the molecule is O=C(O)C(F)Oc1c(F)c(F)cc(F)c1F. The van der Waals surface area contributed by atoms with Gasteiger partial charge in [0.25, 0.3) is 0 Å². The van der Waals surface area contributed by atoms with E-state index in [1.807, 2.05) is 0 Å². The van der Waals surface area contributed by atoms with Crippen LogP contribution in [0.1, 0.15) is 0 Å². The lowest BCUT2D eigenvalue weighted by atomic mass is 10.3. The molecule has 0 saturated carbocycles. The van der Waals surface area contributed by atoms with Crippen LogP contribution in [0.5, 0.6) is 5.75 Å². The highest BCUT2D eigenvalue weighted by molar-refractivity contribution is 5.70. The second-order valence-corrected chi connectivity index (χ2v) is 2.57. The fourth-order valence-electron chi connectivity index (χ4n) is 0.809. The smallest absolute Gasteiger partial charge is 0.378 e. The summed E-state index contributed by atoms with van der Waals surface area (Å²) in [5, 5.41) is 8.03. The van der Waals surface area contributed by atoms with E-state index in [-0.39, 0.29) is 6.07 Å². The average molecular weight is 242 g/mol. The maximum absolute atomic E-state index is 12.8. The molecule has 88 valence electrons. The maximum atomic E-state index is 12.8. The molecule has 1 atom stereocenters. The van der Waals surface area contributed by atoms with Gasteiger partial charge in [0.05, 0.1) is 0 Å². The Balaban J connectivity index is 3.17. The molecule has 16 heavy (non-hydrogen) atoms. The summed E-state index contributed by atoms with van der Waals surface area (Å²) in [6.45, 7) is 0. The van der Waals surface area contributed by atoms with Crippen molar-refractivity contribution in [3.8, 4) is 5.75 Å². The van der Waals surface area contributed by atoms with Crippen LogP contribution in [-0.2, 0) is 4.79 Å². The fourth-order valence-corrected chi connectivity index (χ4v) is 0.809. The Morgan fingerprint density at radius 2 is 1.62 bits per heavy atom. The molecule has 0 bridgehead atoms. The number of carboxylic acids is 1. The van der Waals surface area contributed by atoms with Gasteiger partial charge in [0.15, 0.2) is 11.6 Å². The predicted octanol–water partition coefficient (Wildman–Crippen LogP) is 2.00. The van der Waals surface area contributed by atoms with Gasteiger partial charge in [0.2, 0.25) is 17.4 Å². The van der Waals surface area contributed by atoms with E-state index >= 15 is 0 Å². The molecule has 1 unspecified atom stereocenters. The number of carboxylic acid groups (broad SMARTS) is 1. The third-order valence-electron chi connectivity index (χ3n) is 1.49. The quantitative estimate of drug-likeness (QED) is 0.651. The molecule has 0 amide bonds. The molecular formula is C8H3F5O3. The lowest BCUT2D eigenvalue weighted by Crippen LogP contribution is -2.23. The third kappa shape index (κ3) is 2.20. The molecular weight excluding hydrogens is 239 g/mol. The zero-order chi connectivity index (χ0) is 12.5. The van der Waals surface area contributed by atoms with Crippen molar-refractivity contribution in [3.63, 3.8) is 0 Å². The van der Waals surface area contributed by atoms with Crippen LogP contribution in [0.25, 0.3) is 0 Å². The Kier molecular flexibility index (Phi) is 3.31. The van der Waals surface area contributed by atoms with Gasteiger partial charge in [-0.15, -0.1) is 0 Å². The lowest BCUT2D eigenvalue weighted by Gasteiger charge is -2.09. The van der Waals surface area contributed by atoms with Crippen molar-refractivity contribution in [2.24, 2.45) is 0 Å². The van der Waals surface area contributed by atoms with Crippen LogP contribution in [0, 0.1) is 23.3 Å². The topological polar surface area (TPSA) is 46.5 Å². The summed E-state index contributed by atoms with van der Waals surface area (Å²) in [6.07, 6.45) is -3.13. The molecule has 1 aromatic rings. The Labute approximate surface area is 85.1 Å². The molecule has 1 N–H and O–H groups in total. The Morgan fingerprint density at radius 3 is 2.00 bits per heavy atom. The zero-order valence-electron chi connectivity index (χ0n) is 7.31. The second kappa shape index (κ2) is 4.33. The summed E-state index contributed by atoms with van der Waals surface area (Å²) in [5.74, 6) is -11.6. The van der Waals surface area contributed by atoms with Crippen molar-refractivity contribution in [3.05, 3.63) is 29.3 Å². The molecule has 0 aliphatic heterocycles. The van der Waals surface area contributed by atoms with Gasteiger partial charge >= 0.3 is 12.3 Å². The zero-order valence-corrected chi connectivity index (χ0v) is 7.31. The normalized spacial score (nSPS) is 12.3. The van der Waals surface area contributed by atoms with Gasteiger partial charge in [0, 0.05) is 6.07 Å². The van der Waals surface area contributed by atoms with Crippen molar-refractivity contribution in [2.45, 2.75) is 6.36 Å². The van der Waals surface area contributed by atoms with Crippen molar-refractivity contribution < 1.29 is 36.6 Å². The van der Waals surface area contributed by atoms with Gasteiger partial charge in [-0.2, -0.15) is 13.2 Å². The third-order valence-corrected chi connectivity index (χ3v) is 1.49. The van der Waals surface area contributed by atoms with E-state index in [1.165, 1.54) is 0 Å². The molecule has 3 nitrogen and oxygen atoms in total. The largest absolute Gasteiger partial charge is 0.476 e. The maximum Gasteiger partial charge on any atom is 0.378 e. The van der Waals surface area contributed by atoms with E-state index in [9.17, 15) is 26.7 Å². The summed E-state index contributed by atoms with van der Waals surface area (Å²) in [7, 11) is 0. The van der Waals surface area contributed by atoms with Crippen molar-refractivity contribution in [2.75, 3.05) is 0 Å². The van der Waals surface area contributed by atoms with E-state index in [0.717, 1.165) is 0 Å². The monoisotopic (exact) mass is 242 g/mol. The minimum atomic E-state index is -3.13. The number of hydrogen-bond acceptors (Lipinski definition) is 2. The number of benzene rings is 1. The number of rotatable bonds is 3. The van der Waals surface area contributed by atoms with Gasteiger partial charge in [-0.3, -0.25) is 0 Å². The Morgan fingerprint density at radius 1 is 1.19 bits per heavy atom. The fraction of sp³-hybridized carbons (Fsp3) is 0.125. The number of alkyl halides is 1. The van der Waals surface area contributed by atoms with Crippen LogP contribution >= 0.6 is 0 Å². The summed E-state index contributed by atoms with van der Waals surface area (Å²) in [5.41, 5.74) is 0. The van der Waals surface area contributed by atoms with Gasteiger partial charge in [-0.05, 0) is 0 Å². The first-order valence-corrected chi connectivity index (χ1v) is 3.71. The standard InChI is InChI=1S/C8H3F5O3/c9-2-1-3(10)5(12)6(4(2)11)16-7(13)8(14)15/h1,7H,(H,14,15). The van der Waals surface area contributed by atoms with Gasteiger partial charge < -0.3 is 9.84 Å². The van der Waals surface area contributed by atoms with Crippen molar-refractivity contribution in [1.82, 2.24) is 0 Å². The molecule has 0 spiro atoms. The first kappa shape index (κ1) is 12.2. The highest BCUT2D eigenvalue weighted by Crippen LogP contribution is 2.27. The van der Waals surface area contributed by atoms with Crippen LogP contribution in [0.4, 0.5) is 22.0 Å². The van der Waals surface area contributed by atoms with Crippen LogP contribution in [0.3, 0.4) is 0 Å². The minimum Gasteiger partial charge on any atom is -0.476 e. The van der Waals surface area contributed by atoms with E-state index in [4.69, 9.17) is 5.11 Å². The molecule has 8 heteroatoms. The number of carbonyl (C=O) groups is 1. The summed E-state index contributed by atoms with van der Waals surface area (Å²) in [6, 6.07) is -0.120. The van der Waals surface area contributed by atoms with Crippen LogP contribution in [0.15, 0.2) is 6.07 Å². The molecule has 1 rings (SSSR count). The molecule has 0 radical (unpaired) electrons. The number of halogens is 5. The highest BCUT2D eigenvalue weighted by atomic mass is 19.2. The minimum absolute atomic E-state index is 0.120. The summed E-state index contributed by atoms with van der Waals surface area (Å²) in [4.78, 5) is 9.96. The summed E-state index contributed by atoms with van der Waals surface area (Å²) >= 11 is 0. The first-order chi connectivity index (χ1) is 7.34. The second-order valence-electron chi connectivity index (χ2n) is 2.57. The number of ether oxygens (including phenoxy) is 1. The summed E-state index contributed by atoms with van der Waals surface area (Å²) < 4.78 is 66.7. The van der Waals surface area contributed by atoms with Gasteiger partial charge in [-0.25, -0.2) is 13.6 Å². The molecule has 1 aromatic carbocycles. The molecule has 0 aliphatic rings. The Bertz CT molecular complexity index is 408. The van der Waals surface area contributed by atoms with Crippen molar-refractivity contribution >= 4 is 5.97 Å². The number of hydrogen-bond donors (Lipinski definition) is 1. The molecule has 0 heterocycles. The molecule has 0 saturated heterocycles. The lowest BCUT2D eigenvalue weighted by molar-refractivity contribution is -0.153. The van der Waals surface area contributed by atoms with Crippen LogP contribution < -0.4 is 4.74 Å². The molecule has 0 fully saturated rings.